The fraction of sp³-hybridized carbons (Fsp3) is 0.778. The summed E-state index contributed by atoms with van der Waals surface area (Å²) in [5.74, 6) is 0. The van der Waals surface area contributed by atoms with Crippen LogP contribution in [0.25, 0.3) is 0 Å². The molecule has 0 aliphatic heterocycles. The maximum absolute atomic E-state index is 9.00. The second-order valence-electron chi connectivity index (χ2n) is 3.13. The van der Waals surface area contributed by atoms with E-state index < -0.39 is 6.10 Å². The van der Waals surface area contributed by atoms with E-state index in [1.807, 2.05) is 13.1 Å². The molecule has 0 aromatic heterocycles. The molecular weight excluding hydrogens is 168 g/mol. The lowest BCUT2D eigenvalue weighted by molar-refractivity contribution is 0.0868. The van der Waals surface area contributed by atoms with Crippen molar-refractivity contribution in [3.8, 4) is 0 Å². The first-order valence-corrected chi connectivity index (χ1v) is 4.58. The molecule has 4 nitrogen and oxygen atoms in total. The van der Waals surface area contributed by atoms with Crippen molar-refractivity contribution in [2.45, 2.75) is 25.9 Å². The smallest absolute Gasteiger partial charge is 0.0771 e. The molecule has 4 heteroatoms. The highest BCUT2D eigenvalue weighted by molar-refractivity contribution is 4.97. The highest BCUT2D eigenvalue weighted by atomic mass is 16.3. The van der Waals surface area contributed by atoms with E-state index in [9.17, 15) is 0 Å². The van der Waals surface area contributed by atoms with Crippen molar-refractivity contribution in [2.24, 2.45) is 5.73 Å². The van der Waals surface area contributed by atoms with Crippen LogP contribution >= 0.6 is 0 Å². The Kier molecular flexibility index (Phi) is 7.68. The third-order valence-electron chi connectivity index (χ3n) is 1.74. The Balaban J connectivity index is 3.26. The molecule has 0 aliphatic rings. The van der Waals surface area contributed by atoms with Gasteiger partial charge < -0.3 is 21.3 Å². The van der Waals surface area contributed by atoms with Gasteiger partial charge >= 0.3 is 0 Å². The fourth-order valence-electron chi connectivity index (χ4n) is 0.836. The molecule has 0 heterocycles. The Bertz CT molecular complexity index is 149. The Labute approximate surface area is 79.4 Å². The van der Waals surface area contributed by atoms with Crippen LogP contribution in [0.4, 0.5) is 0 Å². The van der Waals surface area contributed by atoms with Crippen LogP contribution in [0.15, 0.2) is 11.8 Å². The zero-order valence-corrected chi connectivity index (χ0v) is 8.16. The highest BCUT2D eigenvalue weighted by Crippen LogP contribution is 1.94. The van der Waals surface area contributed by atoms with Gasteiger partial charge in [0.15, 0.2) is 0 Å². The molecule has 1 unspecified atom stereocenters. The average molecular weight is 188 g/mol. The van der Waals surface area contributed by atoms with Crippen molar-refractivity contribution in [3.63, 3.8) is 0 Å². The Morgan fingerprint density at radius 1 is 1.62 bits per heavy atom. The van der Waals surface area contributed by atoms with Crippen molar-refractivity contribution in [2.75, 3.05) is 19.7 Å². The topological polar surface area (TPSA) is 78.5 Å². The van der Waals surface area contributed by atoms with Crippen molar-refractivity contribution in [1.82, 2.24) is 5.32 Å². The van der Waals surface area contributed by atoms with Crippen LogP contribution in [0, 0.1) is 0 Å². The first-order chi connectivity index (χ1) is 6.20. The monoisotopic (exact) mass is 188 g/mol. The van der Waals surface area contributed by atoms with Gasteiger partial charge in [-0.1, -0.05) is 0 Å². The summed E-state index contributed by atoms with van der Waals surface area (Å²) in [6, 6.07) is 0. The zero-order chi connectivity index (χ0) is 10.1. The van der Waals surface area contributed by atoms with Gasteiger partial charge in [0.2, 0.25) is 0 Å². The molecule has 0 aromatic rings. The Morgan fingerprint density at radius 2 is 2.31 bits per heavy atom. The summed E-state index contributed by atoms with van der Waals surface area (Å²) >= 11 is 0. The molecule has 0 saturated carbocycles. The van der Waals surface area contributed by atoms with E-state index in [1.165, 1.54) is 0 Å². The van der Waals surface area contributed by atoms with E-state index in [1.54, 1.807) is 0 Å². The van der Waals surface area contributed by atoms with Gasteiger partial charge in [0.25, 0.3) is 0 Å². The summed E-state index contributed by atoms with van der Waals surface area (Å²) < 4.78 is 0. The number of aliphatic hydroxyl groups excluding tert-OH is 2. The van der Waals surface area contributed by atoms with Crippen LogP contribution < -0.4 is 11.1 Å². The molecule has 0 spiro atoms. The van der Waals surface area contributed by atoms with E-state index in [0.717, 1.165) is 18.5 Å². The quantitative estimate of drug-likeness (QED) is 0.409. The largest absolute Gasteiger partial charge is 0.394 e. The van der Waals surface area contributed by atoms with Crippen LogP contribution in [0.1, 0.15) is 19.8 Å². The van der Waals surface area contributed by atoms with Crippen molar-refractivity contribution in [1.29, 1.82) is 0 Å². The average Bonchev–Trinajstić information content (AvgIpc) is 2.16. The lowest BCUT2D eigenvalue weighted by Gasteiger charge is -2.06. The van der Waals surface area contributed by atoms with Crippen LogP contribution in [-0.4, -0.2) is 36.0 Å². The molecular formula is C9H20N2O2. The maximum atomic E-state index is 9.00. The SMILES string of the molecule is C/C(=C/NCCCC(O)CO)CN. The second kappa shape index (κ2) is 8.04. The van der Waals surface area contributed by atoms with E-state index in [0.29, 0.717) is 13.0 Å². The van der Waals surface area contributed by atoms with E-state index in [2.05, 4.69) is 5.32 Å². The van der Waals surface area contributed by atoms with Gasteiger partial charge in [-0.3, -0.25) is 0 Å². The molecule has 0 radical (unpaired) electrons. The van der Waals surface area contributed by atoms with Crippen LogP contribution in [0.2, 0.25) is 0 Å². The molecule has 78 valence electrons. The van der Waals surface area contributed by atoms with E-state index in [-0.39, 0.29) is 6.61 Å². The summed E-state index contributed by atoms with van der Waals surface area (Å²) in [4.78, 5) is 0. The lowest BCUT2D eigenvalue weighted by atomic mass is 10.2. The number of nitrogens with one attached hydrogen (secondary N) is 1. The lowest BCUT2D eigenvalue weighted by Crippen LogP contribution is -2.16. The molecule has 1 atom stereocenters. The van der Waals surface area contributed by atoms with Crippen LogP contribution in [-0.2, 0) is 0 Å². The van der Waals surface area contributed by atoms with Gasteiger partial charge in [-0.25, -0.2) is 0 Å². The summed E-state index contributed by atoms with van der Waals surface area (Å²) in [6.45, 7) is 3.16. The van der Waals surface area contributed by atoms with Gasteiger partial charge in [0.05, 0.1) is 12.7 Å². The van der Waals surface area contributed by atoms with Gasteiger partial charge in [0.1, 0.15) is 0 Å². The van der Waals surface area contributed by atoms with Crippen LogP contribution in [0.5, 0.6) is 0 Å². The molecule has 0 bridgehead atoms. The summed E-state index contributed by atoms with van der Waals surface area (Å²) in [5, 5.41) is 20.6. The molecule has 5 N–H and O–H groups in total. The molecule has 0 fully saturated rings. The molecule has 0 rings (SSSR count). The van der Waals surface area contributed by atoms with E-state index >= 15 is 0 Å². The molecule has 0 saturated heterocycles. The highest BCUT2D eigenvalue weighted by Gasteiger charge is 1.99. The third-order valence-corrected chi connectivity index (χ3v) is 1.74. The first kappa shape index (κ1) is 12.4. The predicted octanol–water partition coefficient (Wildman–Crippen LogP) is -0.428. The van der Waals surface area contributed by atoms with Crippen LogP contribution in [0.3, 0.4) is 0 Å². The van der Waals surface area contributed by atoms with Crippen molar-refractivity contribution < 1.29 is 10.2 Å². The first-order valence-electron chi connectivity index (χ1n) is 4.58. The third kappa shape index (κ3) is 7.77. The normalized spacial score (nSPS) is 14.3. The summed E-state index contributed by atoms with van der Waals surface area (Å²) in [6.07, 6.45) is 2.77. The number of rotatable bonds is 7. The van der Waals surface area contributed by atoms with Gasteiger partial charge in [-0.05, 0) is 31.5 Å². The number of hydrogen-bond acceptors (Lipinski definition) is 4. The standard InChI is InChI=1S/C9H20N2O2/c1-8(5-10)6-11-4-2-3-9(13)7-12/h6,9,11-13H,2-5,7,10H2,1H3/b8-6-. The minimum Gasteiger partial charge on any atom is -0.394 e. The number of aliphatic hydroxyl groups is 2. The molecule has 13 heavy (non-hydrogen) atoms. The van der Waals surface area contributed by atoms with Crippen molar-refractivity contribution >= 4 is 0 Å². The predicted molar refractivity (Wildman–Crippen MR) is 53.1 cm³/mol. The molecule has 0 amide bonds. The summed E-state index contributed by atoms with van der Waals surface area (Å²) in [7, 11) is 0. The zero-order valence-electron chi connectivity index (χ0n) is 8.16. The van der Waals surface area contributed by atoms with Gasteiger partial charge in [0, 0.05) is 13.1 Å². The minimum absolute atomic E-state index is 0.155. The number of hydrogen-bond donors (Lipinski definition) is 4. The second-order valence-corrected chi connectivity index (χ2v) is 3.13. The molecule has 0 aromatic carbocycles. The summed E-state index contributed by atoms with van der Waals surface area (Å²) in [5.41, 5.74) is 6.47. The minimum atomic E-state index is -0.582. The fourth-order valence-corrected chi connectivity index (χ4v) is 0.836. The Morgan fingerprint density at radius 3 is 2.85 bits per heavy atom. The number of nitrogens with two attached hydrogens (primary N) is 1. The Hall–Kier alpha value is -0.580. The van der Waals surface area contributed by atoms with Gasteiger partial charge in [-0.2, -0.15) is 0 Å². The maximum Gasteiger partial charge on any atom is 0.0771 e. The van der Waals surface area contributed by atoms with Gasteiger partial charge in [-0.15, -0.1) is 0 Å². The van der Waals surface area contributed by atoms with Crippen molar-refractivity contribution in [3.05, 3.63) is 11.8 Å². The van der Waals surface area contributed by atoms with E-state index in [4.69, 9.17) is 15.9 Å². The molecule has 0 aliphatic carbocycles.